The van der Waals surface area contributed by atoms with Gasteiger partial charge in [-0.1, -0.05) is 6.07 Å². The Bertz CT molecular complexity index is 393. The van der Waals surface area contributed by atoms with E-state index in [0.717, 1.165) is 0 Å². The minimum atomic E-state index is -0.864. The number of benzene rings is 1. The van der Waals surface area contributed by atoms with Crippen LogP contribution < -0.4 is 0 Å². The molecule has 0 aliphatic rings. The first kappa shape index (κ1) is 14.0. The van der Waals surface area contributed by atoms with Gasteiger partial charge in [-0.05, 0) is 19.1 Å². The van der Waals surface area contributed by atoms with E-state index in [-0.39, 0.29) is 18.0 Å². The summed E-state index contributed by atoms with van der Waals surface area (Å²) in [6, 6.07) is 4.63. The van der Waals surface area contributed by atoms with Crippen LogP contribution in [0.2, 0.25) is 0 Å². The molecule has 0 bridgehead atoms. The fraction of sp³-hybridized carbons (Fsp3) is 0.417. The number of aliphatic hydroxyl groups is 1. The molecule has 0 radical (unpaired) electrons. The Labute approximate surface area is 104 Å². The van der Waals surface area contributed by atoms with Crippen molar-refractivity contribution in [3.8, 4) is 0 Å². The van der Waals surface area contributed by atoms with Crippen molar-refractivity contribution in [2.75, 3.05) is 12.9 Å². The molecule has 0 fully saturated rings. The van der Waals surface area contributed by atoms with Gasteiger partial charge in [-0.25, -0.2) is 4.39 Å². The molecule has 5 heteroatoms. The number of carbonyl (C=O) groups is 1. The standard InChI is InChI=1S/C12H15FO3S/c1-8(14)12-9(13)4-3-5-10(12)17-7-6-11(15)16-2/h3-5,8,14H,6-7H2,1-2H3/t8-/m0/s1. The molecule has 0 saturated heterocycles. The van der Waals surface area contributed by atoms with Crippen LogP contribution in [0, 0.1) is 5.82 Å². The number of aliphatic hydroxyl groups excluding tert-OH is 1. The number of esters is 1. The van der Waals surface area contributed by atoms with Crippen molar-refractivity contribution in [1.29, 1.82) is 0 Å². The van der Waals surface area contributed by atoms with Crippen LogP contribution in [-0.2, 0) is 9.53 Å². The van der Waals surface area contributed by atoms with Gasteiger partial charge in [-0.15, -0.1) is 11.8 Å². The first-order valence-corrected chi connectivity index (χ1v) is 6.21. The number of hydrogen-bond acceptors (Lipinski definition) is 4. The molecule has 0 unspecified atom stereocenters. The van der Waals surface area contributed by atoms with Crippen LogP contribution in [0.1, 0.15) is 25.0 Å². The molecule has 1 rings (SSSR count). The van der Waals surface area contributed by atoms with E-state index in [9.17, 15) is 14.3 Å². The summed E-state index contributed by atoms with van der Waals surface area (Å²) in [6.07, 6.45) is -0.603. The van der Waals surface area contributed by atoms with Gasteiger partial charge in [0.15, 0.2) is 0 Å². The number of rotatable bonds is 5. The predicted octanol–water partition coefficient (Wildman–Crippen LogP) is 2.53. The Morgan fingerprint density at radius 1 is 1.59 bits per heavy atom. The molecule has 17 heavy (non-hydrogen) atoms. The molecule has 0 aromatic heterocycles. The summed E-state index contributed by atoms with van der Waals surface area (Å²) >= 11 is 1.33. The Kier molecular flexibility index (Phi) is 5.44. The summed E-state index contributed by atoms with van der Waals surface area (Å²) in [6.45, 7) is 1.52. The minimum absolute atomic E-state index is 0.261. The highest BCUT2D eigenvalue weighted by Crippen LogP contribution is 2.30. The lowest BCUT2D eigenvalue weighted by molar-refractivity contribution is -0.140. The molecule has 0 amide bonds. The fourth-order valence-corrected chi connectivity index (χ4v) is 2.48. The van der Waals surface area contributed by atoms with Crippen molar-refractivity contribution in [3.63, 3.8) is 0 Å². The Hall–Kier alpha value is -1.07. The number of thioether (sulfide) groups is 1. The maximum atomic E-state index is 13.5. The van der Waals surface area contributed by atoms with Gasteiger partial charge in [0.1, 0.15) is 5.82 Å². The molecule has 0 heterocycles. The monoisotopic (exact) mass is 258 g/mol. The molecule has 94 valence electrons. The maximum absolute atomic E-state index is 13.5. The summed E-state index contributed by atoms with van der Waals surface area (Å²) < 4.78 is 18.0. The van der Waals surface area contributed by atoms with Crippen LogP contribution in [0.3, 0.4) is 0 Å². The van der Waals surface area contributed by atoms with E-state index in [1.165, 1.54) is 31.9 Å². The van der Waals surface area contributed by atoms with Gasteiger partial charge in [0, 0.05) is 16.2 Å². The summed E-state index contributed by atoms with van der Waals surface area (Å²) in [4.78, 5) is 11.6. The molecule has 0 spiro atoms. The van der Waals surface area contributed by atoms with Crippen molar-refractivity contribution in [2.24, 2.45) is 0 Å². The average molecular weight is 258 g/mol. The third-order valence-corrected chi connectivity index (χ3v) is 3.30. The van der Waals surface area contributed by atoms with Crippen molar-refractivity contribution in [2.45, 2.75) is 24.3 Å². The number of halogens is 1. The van der Waals surface area contributed by atoms with Crippen molar-refractivity contribution >= 4 is 17.7 Å². The van der Waals surface area contributed by atoms with Gasteiger partial charge >= 0.3 is 5.97 Å². The molecule has 0 saturated carbocycles. The molecule has 0 aliphatic heterocycles. The molecule has 0 aliphatic carbocycles. The highest BCUT2D eigenvalue weighted by molar-refractivity contribution is 7.99. The molecular formula is C12H15FO3S. The Morgan fingerprint density at radius 3 is 2.88 bits per heavy atom. The normalized spacial score (nSPS) is 12.2. The molecule has 1 N–H and O–H groups in total. The highest BCUT2D eigenvalue weighted by Gasteiger charge is 2.14. The van der Waals surface area contributed by atoms with Crippen LogP contribution in [-0.4, -0.2) is 23.9 Å². The zero-order valence-electron chi connectivity index (χ0n) is 9.77. The summed E-state index contributed by atoms with van der Waals surface area (Å²) in [5.41, 5.74) is 0.280. The summed E-state index contributed by atoms with van der Waals surface area (Å²) in [5.74, 6) is -0.230. The zero-order valence-corrected chi connectivity index (χ0v) is 10.6. The Morgan fingerprint density at radius 2 is 2.29 bits per heavy atom. The lowest BCUT2D eigenvalue weighted by Gasteiger charge is -2.12. The van der Waals surface area contributed by atoms with E-state index in [2.05, 4.69) is 4.74 Å². The van der Waals surface area contributed by atoms with Gasteiger partial charge < -0.3 is 9.84 Å². The largest absolute Gasteiger partial charge is 0.469 e. The maximum Gasteiger partial charge on any atom is 0.306 e. The molecule has 1 aromatic rings. The van der Waals surface area contributed by atoms with Crippen molar-refractivity contribution in [3.05, 3.63) is 29.6 Å². The predicted molar refractivity (Wildman–Crippen MR) is 64.4 cm³/mol. The van der Waals surface area contributed by atoms with E-state index in [0.29, 0.717) is 10.6 Å². The van der Waals surface area contributed by atoms with Gasteiger partial charge in [0.05, 0.1) is 19.6 Å². The van der Waals surface area contributed by atoms with Crippen LogP contribution in [0.25, 0.3) is 0 Å². The van der Waals surface area contributed by atoms with E-state index < -0.39 is 11.9 Å². The van der Waals surface area contributed by atoms with Crippen molar-refractivity contribution in [1.82, 2.24) is 0 Å². The van der Waals surface area contributed by atoms with Gasteiger partial charge in [-0.2, -0.15) is 0 Å². The topological polar surface area (TPSA) is 46.5 Å². The number of ether oxygens (including phenoxy) is 1. The highest BCUT2D eigenvalue weighted by atomic mass is 32.2. The van der Waals surface area contributed by atoms with E-state index in [4.69, 9.17) is 0 Å². The molecular weight excluding hydrogens is 243 g/mol. The average Bonchev–Trinajstić information content (AvgIpc) is 2.28. The summed E-state index contributed by atoms with van der Waals surface area (Å²) in [5, 5.41) is 9.50. The first-order chi connectivity index (χ1) is 8.06. The first-order valence-electron chi connectivity index (χ1n) is 5.22. The lowest BCUT2D eigenvalue weighted by atomic mass is 10.1. The summed E-state index contributed by atoms with van der Waals surface area (Å²) in [7, 11) is 1.33. The van der Waals surface area contributed by atoms with Crippen LogP contribution in [0.4, 0.5) is 4.39 Å². The smallest absolute Gasteiger partial charge is 0.306 e. The van der Waals surface area contributed by atoms with Crippen molar-refractivity contribution < 1.29 is 19.0 Å². The van der Waals surface area contributed by atoms with E-state index in [1.54, 1.807) is 12.1 Å². The van der Waals surface area contributed by atoms with Gasteiger partial charge in [-0.3, -0.25) is 4.79 Å². The van der Waals surface area contributed by atoms with Gasteiger partial charge in [0.2, 0.25) is 0 Å². The molecule has 3 nitrogen and oxygen atoms in total. The van der Waals surface area contributed by atoms with E-state index >= 15 is 0 Å². The second-order valence-electron chi connectivity index (χ2n) is 3.50. The SMILES string of the molecule is COC(=O)CCSc1cccc(F)c1[C@H](C)O. The molecule has 1 atom stereocenters. The van der Waals surface area contributed by atoms with E-state index in [1.807, 2.05) is 0 Å². The minimum Gasteiger partial charge on any atom is -0.469 e. The van der Waals surface area contributed by atoms with Crippen LogP contribution in [0.5, 0.6) is 0 Å². The third kappa shape index (κ3) is 4.02. The molecule has 1 aromatic carbocycles. The number of methoxy groups -OCH3 is 1. The van der Waals surface area contributed by atoms with Gasteiger partial charge in [0.25, 0.3) is 0 Å². The van der Waals surface area contributed by atoms with Crippen LogP contribution >= 0.6 is 11.8 Å². The second-order valence-corrected chi connectivity index (χ2v) is 4.64. The second kappa shape index (κ2) is 6.61. The lowest BCUT2D eigenvalue weighted by Crippen LogP contribution is -2.02. The number of carbonyl (C=O) groups excluding carboxylic acids is 1. The number of hydrogen-bond donors (Lipinski definition) is 1. The fourth-order valence-electron chi connectivity index (χ4n) is 1.39. The third-order valence-electron chi connectivity index (χ3n) is 2.22. The van der Waals surface area contributed by atoms with Crippen LogP contribution in [0.15, 0.2) is 23.1 Å². The quantitative estimate of drug-likeness (QED) is 0.651. The zero-order chi connectivity index (χ0) is 12.8. The Balaban J connectivity index is 2.70.